The van der Waals surface area contributed by atoms with Crippen molar-refractivity contribution in [1.29, 1.82) is 0 Å². The van der Waals surface area contributed by atoms with Gasteiger partial charge in [-0.15, -0.1) is 0 Å². The van der Waals surface area contributed by atoms with Gasteiger partial charge in [-0.25, -0.2) is 4.79 Å². The van der Waals surface area contributed by atoms with Crippen molar-refractivity contribution in [2.24, 2.45) is 0 Å². The number of anilines is 3. The first-order valence-electron chi connectivity index (χ1n) is 10.1. The predicted molar refractivity (Wildman–Crippen MR) is 122 cm³/mol. The Morgan fingerprint density at radius 2 is 1.80 bits per heavy atom. The first-order chi connectivity index (χ1) is 14.5. The molecule has 7 heteroatoms. The van der Waals surface area contributed by atoms with Crippen LogP contribution in [0.4, 0.5) is 21.9 Å². The zero-order valence-electron chi connectivity index (χ0n) is 17.6. The Morgan fingerprint density at radius 3 is 2.57 bits per heavy atom. The second-order valence-electron chi connectivity index (χ2n) is 7.57. The van der Waals surface area contributed by atoms with Crippen LogP contribution in [0.2, 0.25) is 0 Å². The number of amides is 2. The van der Waals surface area contributed by atoms with E-state index in [2.05, 4.69) is 32.5 Å². The Bertz CT molecular complexity index is 1060. The molecule has 0 saturated carbocycles. The highest BCUT2D eigenvalue weighted by Gasteiger charge is 2.18. The second kappa shape index (κ2) is 8.59. The maximum absolute atomic E-state index is 12.7. The van der Waals surface area contributed by atoms with Crippen molar-refractivity contribution in [1.82, 2.24) is 9.88 Å². The number of urea groups is 1. The Morgan fingerprint density at radius 1 is 1.03 bits per heavy atom. The van der Waals surface area contributed by atoms with Crippen LogP contribution in [0.15, 0.2) is 48.5 Å². The number of rotatable bonds is 4. The summed E-state index contributed by atoms with van der Waals surface area (Å²) >= 11 is 0. The first kappa shape index (κ1) is 20.0. The van der Waals surface area contributed by atoms with E-state index in [1.165, 1.54) is 0 Å². The number of aromatic nitrogens is 1. The molecular formula is C23H27N5O2. The van der Waals surface area contributed by atoms with Crippen molar-refractivity contribution in [2.75, 3.05) is 55.9 Å². The lowest BCUT2D eigenvalue weighted by Crippen LogP contribution is -2.44. The molecule has 1 fully saturated rings. The lowest BCUT2D eigenvalue weighted by Gasteiger charge is -2.34. The number of fused-ring (bicyclic) bond motifs is 1. The van der Waals surface area contributed by atoms with E-state index in [4.69, 9.17) is 4.74 Å². The fraction of sp³-hybridized carbons (Fsp3) is 0.304. The van der Waals surface area contributed by atoms with Crippen LogP contribution in [0, 0.1) is 6.92 Å². The van der Waals surface area contributed by atoms with Crippen molar-refractivity contribution in [3.8, 4) is 5.75 Å². The highest BCUT2D eigenvalue weighted by atomic mass is 16.5. The molecule has 0 bridgehead atoms. The molecule has 0 unspecified atom stereocenters. The minimum Gasteiger partial charge on any atom is -0.495 e. The summed E-state index contributed by atoms with van der Waals surface area (Å²) in [4.78, 5) is 21.8. The van der Waals surface area contributed by atoms with Crippen LogP contribution in [0.3, 0.4) is 0 Å². The number of aryl methyl sites for hydroxylation is 1. The molecule has 30 heavy (non-hydrogen) atoms. The topological polar surface area (TPSA) is 69.7 Å². The van der Waals surface area contributed by atoms with Gasteiger partial charge in [-0.2, -0.15) is 0 Å². The van der Waals surface area contributed by atoms with E-state index in [-0.39, 0.29) is 6.03 Å². The minimum atomic E-state index is -0.301. The number of carbonyl (C=O) groups excluding carboxylic acids is 1. The fourth-order valence-corrected chi connectivity index (χ4v) is 3.69. The molecule has 1 aliphatic heterocycles. The van der Waals surface area contributed by atoms with Crippen molar-refractivity contribution < 1.29 is 9.53 Å². The molecule has 1 saturated heterocycles. The van der Waals surface area contributed by atoms with Crippen LogP contribution in [-0.4, -0.2) is 56.3 Å². The number of para-hydroxylation sites is 1. The van der Waals surface area contributed by atoms with Crippen molar-refractivity contribution in [2.45, 2.75) is 6.92 Å². The Hall–Kier alpha value is -3.32. The van der Waals surface area contributed by atoms with Crippen LogP contribution < -0.4 is 20.3 Å². The first-order valence-corrected chi connectivity index (χ1v) is 10.1. The average Bonchev–Trinajstić information content (AvgIpc) is 2.75. The summed E-state index contributed by atoms with van der Waals surface area (Å²) in [6.07, 6.45) is 0. The fourth-order valence-electron chi connectivity index (χ4n) is 3.69. The molecule has 0 aliphatic carbocycles. The summed E-state index contributed by atoms with van der Waals surface area (Å²) in [6.45, 7) is 5.72. The smallest absolute Gasteiger partial charge is 0.323 e. The van der Waals surface area contributed by atoms with Crippen molar-refractivity contribution in [3.05, 3.63) is 54.2 Å². The number of nitrogens with one attached hydrogen (secondary N) is 2. The van der Waals surface area contributed by atoms with Crippen molar-refractivity contribution in [3.63, 3.8) is 0 Å². The summed E-state index contributed by atoms with van der Waals surface area (Å²) in [7, 11) is 3.80. The number of hydrogen-bond acceptors (Lipinski definition) is 5. The largest absolute Gasteiger partial charge is 0.495 e. The summed E-state index contributed by atoms with van der Waals surface area (Å²) in [5.41, 5.74) is 4.09. The summed E-state index contributed by atoms with van der Waals surface area (Å²) in [5.74, 6) is 0.806. The number of pyridine rings is 1. The lowest BCUT2D eigenvalue weighted by molar-refractivity contribution is 0.262. The van der Waals surface area contributed by atoms with E-state index >= 15 is 0 Å². The van der Waals surface area contributed by atoms with Gasteiger partial charge >= 0.3 is 6.03 Å². The Balaban J connectivity index is 1.50. The van der Waals surface area contributed by atoms with Crippen LogP contribution in [0.1, 0.15) is 5.69 Å². The molecule has 2 N–H and O–H groups in total. The number of ether oxygens (including phenoxy) is 1. The van der Waals surface area contributed by atoms with Gasteiger partial charge in [0.2, 0.25) is 0 Å². The molecule has 2 aromatic carbocycles. The van der Waals surface area contributed by atoms with Crippen LogP contribution in [0.5, 0.6) is 5.75 Å². The van der Waals surface area contributed by atoms with E-state index in [9.17, 15) is 4.79 Å². The van der Waals surface area contributed by atoms with Crippen LogP contribution in [-0.2, 0) is 0 Å². The Labute approximate surface area is 176 Å². The molecular weight excluding hydrogens is 378 g/mol. The van der Waals surface area contributed by atoms with Gasteiger partial charge in [0, 0.05) is 37.3 Å². The Kier molecular flexibility index (Phi) is 5.72. The normalized spacial score (nSPS) is 14.6. The number of likely N-dealkylation sites (N-methyl/N-ethyl adjacent to an activating group) is 1. The van der Waals surface area contributed by atoms with E-state index in [1.54, 1.807) is 7.11 Å². The van der Waals surface area contributed by atoms with Gasteiger partial charge in [-0.3, -0.25) is 4.98 Å². The number of nitrogens with zero attached hydrogens (tertiary/aromatic N) is 3. The van der Waals surface area contributed by atoms with E-state index in [0.717, 1.165) is 54.2 Å². The third-order valence-corrected chi connectivity index (χ3v) is 5.44. The van der Waals surface area contributed by atoms with E-state index in [0.29, 0.717) is 11.4 Å². The SMILES string of the molecule is COc1ccc(NC(=O)Nc2cc3ccccc3nc2C)cc1N1CCN(C)CC1. The number of hydrogen-bond donors (Lipinski definition) is 2. The maximum atomic E-state index is 12.7. The molecule has 4 rings (SSSR count). The molecule has 0 atom stereocenters. The predicted octanol–water partition coefficient (Wildman–Crippen LogP) is 3.95. The zero-order chi connectivity index (χ0) is 21.1. The van der Waals surface area contributed by atoms with Gasteiger partial charge in [-0.05, 0) is 44.3 Å². The zero-order valence-corrected chi connectivity index (χ0v) is 17.6. The van der Waals surface area contributed by atoms with Gasteiger partial charge in [0.1, 0.15) is 5.75 Å². The third-order valence-electron chi connectivity index (χ3n) is 5.44. The number of methoxy groups -OCH3 is 1. The lowest BCUT2D eigenvalue weighted by atomic mass is 10.2. The molecule has 1 aromatic heterocycles. The molecule has 2 heterocycles. The highest BCUT2D eigenvalue weighted by Crippen LogP contribution is 2.32. The highest BCUT2D eigenvalue weighted by molar-refractivity contribution is 6.01. The van der Waals surface area contributed by atoms with Gasteiger partial charge in [-0.1, -0.05) is 18.2 Å². The molecule has 0 spiro atoms. The quantitative estimate of drug-likeness (QED) is 0.688. The van der Waals surface area contributed by atoms with Gasteiger partial charge in [0.05, 0.1) is 29.7 Å². The number of piperazine rings is 1. The molecule has 2 amide bonds. The summed E-state index contributed by atoms with van der Waals surface area (Å²) in [5, 5.41) is 6.84. The number of carbonyl (C=O) groups is 1. The third kappa shape index (κ3) is 4.31. The average molecular weight is 406 g/mol. The molecule has 3 aromatic rings. The molecule has 7 nitrogen and oxygen atoms in total. The summed E-state index contributed by atoms with van der Waals surface area (Å²) in [6, 6.07) is 15.2. The minimum absolute atomic E-state index is 0.301. The van der Waals surface area contributed by atoms with E-state index < -0.39 is 0 Å². The monoisotopic (exact) mass is 405 g/mol. The maximum Gasteiger partial charge on any atom is 0.323 e. The van der Waals surface area contributed by atoms with Crippen molar-refractivity contribution >= 4 is 34.0 Å². The molecule has 0 radical (unpaired) electrons. The standard InChI is InChI=1S/C23H27N5O2/c1-16-20(14-17-6-4-5-7-19(17)24-16)26-23(29)25-18-8-9-22(30-3)21(15-18)28-12-10-27(2)11-13-28/h4-9,14-15H,10-13H2,1-3H3,(H2,25,26,29). The van der Waals surface area contributed by atoms with Crippen LogP contribution >= 0.6 is 0 Å². The van der Waals surface area contributed by atoms with Crippen LogP contribution in [0.25, 0.3) is 10.9 Å². The van der Waals surface area contributed by atoms with Gasteiger partial charge < -0.3 is 25.2 Å². The summed E-state index contributed by atoms with van der Waals surface area (Å²) < 4.78 is 5.55. The van der Waals surface area contributed by atoms with E-state index in [1.807, 2.05) is 55.5 Å². The molecule has 156 valence electrons. The molecule has 1 aliphatic rings. The second-order valence-corrected chi connectivity index (χ2v) is 7.57. The number of benzene rings is 2. The van der Waals surface area contributed by atoms with Gasteiger partial charge in [0.15, 0.2) is 0 Å². The van der Waals surface area contributed by atoms with Gasteiger partial charge in [0.25, 0.3) is 0 Å².